The lowest BCUT2D eigenvalue weighted by Crippen LogP contribution is -1.63. The SMILES string of the molecule is [CH2]c1cc(-c2ccco2)on1. The van der Waals surface area contributed by atoms with E-state index in [-0.39, 0.29) is 0 Å². The van der Waals surface area contributed by atoms with Gasteiger partial charge in [0.1, 0.15) is 0 Å². The van der Waals surface area contributed by atoms with Gasteiger partial charge in [0.25, 0.3) is 0 Å². The minimum Gasteiger partial charge on any atom is -0.461 e. The van der Waals surface area contributed by atoms with E-state index in [1.165, 1.54) is 0 Å². The van der Waals surface area contributed by atoms with Crippen molar-refractivity contribution in [3.63, 3.8) is 0 Å². The molecule has 2 heterocycles. The standard InChI is InChI=1S/C8H6NO2/c1-6-5-8(11-9-6)7-3-2-4-10-7/h2-5H,1H2. The Bertz CT molecular complexity index is 335. The second kappa shape index (κ2) is 2.27. The minimum atomic E-state index is 0.608. The van der Waals surface area contributed by atoms with Gasteiger partial charge >= 0.3 is 0 Å². The average molecular weight is 148 g/mol. The highest BCUT2D eigenvalue weighted by Crippen LogP contribution is 2.19. The molecule has 3 nitrogen and oxygen atoms in total. The van der Waals surface area contributed by atoms with Gasteiger partial charge in [0.2, 0.25) is 5.76 Å². The molecule has 11 heavy (non-hydrogen) atoms. The van der Waals surface area contributed by atoms with Gasteiger partial charge in [-0.2, -0.15) is 0 Å². The number of hydrogen-bond acceptors (Lipinski definition) is 3. The number of aromatic nitrogens is 1. The van der Waals surface area contributed by atoms with Crippen molar-refractivity contribution in [3.05, 3.63) is 37.1 Å². The van der Waals surface area contributed by atoms with Crippen molar-refractivity contribution in [2.24, 2.45) is 0 Å². The molecule has 0 aliphatic rings. The average Bonchev–Trinajstić information content (AvgIpc) is 2.55. The molecule has 0 aromatic carbocycles. The number of nitrogens with zero attached hydrogens (tertiary/aromatic N) is 1. The zero-order valence-corrected chi connectivity index (χ0v) is 5.78. The van der Waals surface area contributed by atoms with Crippen LogP contribution in [-0.2, 0) is 0 Å². The van der Waals surface area contributed by atoms with E-state index in [9.17, 15) is 0 Å². The summed E-state index contributed by atoms with van der Waals surface area (Å²) < 4.78 is 9.97. The summed E-state index contributed by atoms with van der Waals surface area (Å²) in [5.41, 5.74) is 0.608. The lowest BCUT2D eigenvalue weighted by molar-refractivity contribution is 0.415. The van der Waals surface area contributed by atoms with E-state index in [0.29, 0.717) is 17.2 Å². The number of furan rings is 1. The molecule has 55 valence electrons. The van der Waals surface area contributed by atoms with Crippen LogP contribution in [0.1, 0.15) is 5.69 Å². The van der Waals surface area contributed by atoms with Crippen molar-refractivity contribution in [1.29, 1.82) is 0 Å². The molecule has 0 unspecified atom stereocenters. The molecule has 1 radical (unpaired) electrons. The molecule has 0 aliphatic carbocycles. The third kappa shape index (κ3) is 1.05. The van der Waals surface area contributed by atoms with E-state index in [2.05, 4.69) is 12.1 Å². The molecule has 2 rings (SSSR count). The Labute approximate surface area is 63.6 Å². The van der Waals surface area contributed by atoms with Crippen LogP contribution >= 0.6 is 0 Å². The predicted octanol–water partition coefficient (Wildman–Crippen LogP) is 2.12. The van der Waals surface area contributed by atoms with E-state index >= 15 is 0 Å². The molecule has 0 atom stereocenters. The van der Waals surface area contributed by atoms with Crippen molar-refractivity contribution in [1.82, 2.24) is 5.16 Å². The Hall–Kier alpha value is -1.51. The molecular weight excluding hydrogens is 142 g/mol. The Morgan fingerprint density at radius 3 is 2.82 bits per heavy atom. The van der Waals surface area contributed by atoms with Crippen LogP contribution in [0.5, 0.6) is 0 Å². The van der Waals surface area contributed by atoms with Crippen LogP contribution in [0.15, 0.2) is 33.4 Å². The zero-order chi connectivity index (χ0) is 7.68. The fourth-order valence-corrected chi connectivity index (χ4v) is 0.847. The number of hydrogen-bond donors (Lipinski definition) is 0. The van der Waals surface area contributed by atoms with Gasteiger partial charge in [-0.25, -0.2) is 0 Å². The van der Waals surface area contributed by atoms with Crippen molar-refractivity contribution in [3.8, 4) is 11.5 Å². The van der Waals surface area contributed by atoms with Crippen LogP contribution in [0.4, 0.5) is 0 Å². The predicted molar refractivity (Wildman–Crippen MR) is 38.7 cm³/mol. The largest absolute Gasteiger partial charge is 0.461 e. The van der Waals surface area contributed by atoms with Crippen LogP contribution in [0.3, 0.4) is 0 Å². The molecule has 0 saturated carbocycles. The fraction of sp³-hybridized carbons (Fsp3) is 0. The highest BCUT2D eigenvalue weighted by atomic mass is 16.5. The van der Waals surface area contributed by atoms with Crippen LogP contribution in [0.25, 0.3) is 11.5 Å². The molecule has 0 amide bonds. The second-order valence-electron chi connectivity index (χ2n) is 2.16. The summed E-state index contributed by atoms with van der Waals surface area (Å²) >= 11 is 0. The van der Waals surface area contributed by atoms with Crippen LogP contribution in [-0.4, -0.2) is 5.16 Å². The number of rotatable bonds is 1. The molecule has 0 bridgehead atoms. The maximum absolute atomic E-state index is 5.07. The molecule has 0 N–H and O–H groups in total. The van der Waals surface area contributed by atoms with Gasteiger partial charge in [0.05, 0.1) is 12.0 Å². The third-order valence-corrected chi connectivity index (χ3v) is 1.32. The van der Waals surface area contributed by atoms with Crippen molar-refractivity contribution in [2.45, 2.75) is 0 Å². The van der Waals surface area contributed by atoms with Gasteiger partial charge in [-0.3, -0.25) is 0 Å². The summed E-state index contributed by atoms with van der Waals surface area (Å²) in [6.45, 7) is 3.60. The molecule has 0 spiro atoms. The molecule has 2 aromatic rings. The summed E-state index contributed by atoms with van der Waals surface area (Å²) in [5, 5.41) is 3.63. The maximum atomic E-state index is 5.07. The summed E-state index contributed by atoms with van der Waals surface area (Å²) in [6, 6.07) is 5.32. The Balaban J connectivity index is 2.45. The fourth-order valence-electron chi connectivity index (χ4n) is 0.847. The summed E-state index contributed by atoms with van der Waals surface area (Å²) in [5.74, 6) is 1.28. The zero-order valence-electron chi connectivity index (χ0n) is 5.78. The van der Waals surface area contributed by atoms with Gasteiger partial charge in [-0.1, -0.05) is 5.16 Å². The van der Waals surface area contributed by atoms with Crippen LogP contribution < -0.4 is 0 Å². The molecular formula is C8H6NO2. The topological polar surface area (TPSA) is 39.2 Å². The second-order valence-corrected chi connectivity index (χ2v) is 2.16. The van der Waals surface area contributed by atoms with Gasteiger partial charge in [0, 0.05) is 6.07 Å². The van der Waals surface area contributed by atoms with E-state index < -0.39 is 0 Å². The Morgan fingerprint density at radius 2 is 2.27 bits per heavy atom. The lowest BCUT2D eigenvalue weighted by atomic mass is 10.3. The normalized spacial score (nSPS) is 10.3. The first-order valence-corrected chi connectivity index (χ1v) is 3.19. The molecule has 0 aliphatic heterocycles. The van der Waals surface area contributed by atoms with Crippen molar-refractivity contribution >= 4 is 0 Å². The van der Waals surface area contributed by atoms with Crippen molar-refractivity contribution in [2.75, 3.05) is 0 Å². The molecule has 3 heteroatoms. The quantitative estimate of drug-likeness (QED) is 0.621. The summed E-state index contributed by atoms with van der Waals surface area (Å²) in [4.78, 5) is 0. The van der Waals surface area contributed by atoms with E-state index in [1.54, 1.807) is 24.5 Å². The van der Waals surface area contributed by atoms with Crippen LogP contribution in [0, 0.1) is 6.92 Å². The highest BCUT2D eigenvalue weighted by Gasteiger charge is 2.05. The van der Waals surface area contributed by atoms with Gasteiger partial charge < -0.3 is 8.94 Å². The monoisotopic (exact) mass is 148 g/mol. The summed E-state index contributed by atoms with van der Waals surface area (Å²) in [6.07, 6.45) is 1.58. The first-order valence-electron chi connectivity index (χ1n) is 3.19. The van der Waals surface area contributed by atoms with Gasteiger partial charge in [-0.15, -0.1) is 0 Å². The lowest BCUT2D eigenvalue weighted by Gasteiger charge is -1.82. The molecule has 2 aromatic heterocycles. The van der Waals surface area contributed by atoms with Crippen LogP contribution in [0.2, 0.25) is 0 Å². The highest BCUT2D eigenvalue weighted by molar-refractivity contribution is 5.49. The van der Waals surface area contributed by atoms with Crippen molar-refractivity contribution < 1.29 is 8.94 Å². The van der Waals surface area contributed by atoms with E-state index in [1.807, 2.05) is 0 Å². The molecule has 0 fully saturated rings. The minimum absolute atomic E-state index is 0.608. The molecule has 0 saturated heterocycles. The smallest absolute Gasteiger partial charge is 0.202 e. The Morgan fingerprint density at radius 1 is 1.36 bits per heavy atom. The van der Waals surface area contributed by atoms with Gasteiger partial charge in [-0.05, 0) is 19.1 Å². The first kappa shape index (κ1) is 6.22. The first-order chi connectivity index (χ1) is 5.36. The summed E-state index contributed by atoms with van der Waals surface area (Å²) in [7, 11) is 0. The Kier molecular flexibility index (Phi) is 1.28. The maximum Gasteiger partial charge on any atom is 0.202 e. The van der Waals surface area contributed by atoms with Gasteiger partial charge in [0.15, 0.2) is 5.76 Å². The third-order valence-electron chi connectivity index (χ3n) is 1.32. The van der Waals surface area contributed by atoms with E-state index in [4.69, 9.17) is 8.94 Å². The van der Waals surface area contributed by atoms with E-state index in [0.717, 1.165) is 0 Å².